The number of hydrogen-bond acceptors (Lipinski definition) is 4. The van der Waals surface area contributed by atoms with Gasteiger partial charge in [0.05, 0.1) is 12.0 Å². The summed E-state index contributed by atoms with van der Waals surface area (Å²) in [6.07, 6.45) is -0.0265. The molecule has 104 valence electrons. The van der Waals surface area contributed by atoms with Crippen LogP contribution in [-0.2, 0) is 9.59 Å². The lowest BCUT2D eigenvalue weighted by Gasteiger charge is -2.26. The Morgan fingerprint density at radius 3 is 2.50 bits per heavy atom. The smallest absolute Gasteiger partial charge is 0.326 e. The molecule has 6 heteroatoms. The van der Waals surface area contributed by atoms with E-state index in [-0.39, 0.29) is 31.3 Å². The van der Waals surface area contributed by atoms with Crippen LogP contribution in [-0.4, -0.2) is 52.2 Å². The van der Waals surface area contributed by atoms with E-state index in [4.69, 9.17) is 10.8 Å². The van der Waals surface area contributed by atoms with Gasteiger partial charge in [-0.25, -0.2) is 4.79 Å². The quantitative estimate of drug-likeness (QED) is 0.625. The van der Waals surface area contributed by atoms with Crippen LogP contribution in [0, 0.1) is 11.8 Å². The van der Waals surface area contributed by atoms with Crippen molar-refractivity contribution in [2.24, 2.45) is 17.6 Å². The molecule has 1 fully saturated rings. The van der Waals surface area contributed by atoms with Gasteiger partial charge in [-0.15, -0.1) is 0 Å². The molecule has 0 aromatic heterocycles. The molecule has 4 N–H and O–H groups in total. The molecule has 1 rings (SSSR count). The number of carboxylic acids is 1. The maximum atomic E-state index is 12.2. The Balaban J connectivity index is 2.77. The normalized spacial score (nSPS) is 25.5. The van der Waals surface area contributed by atoms with Crippen molar-refractivity contribution in [2.45, 2.75) is 38.8 Å². The molecule has 18 heavy (non-hydrogen) atoms. The number of aliphatic carboxylic acids is 1. The topological polar surface area (TPSA) is 104 Å². The second-order valence-electron chi connectivity index (χ2n) is 5.30. The predicted octanol–water partition coefficient (Wildman–Crippen LogP) is -0.346. The lowest BCUT2D eigenvalue weighted by molar-refractivity contribution is -0.150. The summed E-state index contributed by atoms with van der Waals surface area (Å²) >= 11 is 0. The van der Waals surface area contributed by atoms with Gasteiger partial charge in [-0.05, 0) is 12.3 Å². The van der Waals surface area contributed by atoms with Gasteiger partial charge < -0.3 is 20.8 Å². The number of amides is 1. The maximum Gasteiger partial charge on any atom is 0.326 e. The molecule has 6 nitrogen and oxygen atoms in total. The van der Waals surface area contributed by atoms with Crippen molar-refractivity contribution < 1.29 is 19.8 Å². The largest absolute Gasteiger partial charge is 0.480 e. The van der Waals surface area contributed by atoms with Gasteiger partial charge in [0.2, 0.25) is 5.91 Å². The minimum Gasteiger partial charge on any atom is -0.480 e. The number of nitrogens with zero attached hydrogens (tertiary/aromatic N) is 1. The Morgan fingerprint density at radius 2 is 2.06 bits per heavy atom. The number of hydrogen-bond donors (Lipinski definition) is 3. The summed E-state index contributed by atoms with van der Waals surface area (Å²) in [5, 5.41) is 18.6. The Kier molecular flexibility index (Phi) is 5.10. The van der Waals surface area contributed by atoms with Crippen molar-refractivity contribution in [2.75, 3.05) is 13.1 Å². The number of carbonyl (C=O) groups excluding carboxylic acids is 1. The highest BCUT2D eigenvalue weighted by molar-refractivity contribution is 5.86. The molecule has 0 bridgehead atoms. The fraction of sp³-hybridized carbons (Fsp3) is 0.833. The molecule has 0 spiro atoms. The zero-order valence-corrected chi connectivity index (χ0v) is 10.9. The van der Waals surface area contributed by atoms with Crippen molar-refractivity contribution in [3.63, 3.8) is 0 Å². The van der Waals surface area contributed by atoms with E-state index in [1.165, 1.54) is 4.90 Å². The molecule has 1 aliphatic rings. The number of likely N-dealkylation sites (tertiary alicyclic amines) is 1. The second-order valence-corrected chi connectivity index (χ2v) is 5.30. The first-order chi connectivity index (χ1) is 8.36. The average molecular weight is 258 g/mol. The van der Waals surface area contributed by atoms with Gasteiger partial charge in [-0.3, -0.25) is 4.79 Å². The summed E-state index contributed by atoms with van der Waals surface area (Å²) in [5.74, 6) is -1.37. The SMILES string of the molecule is CC(C)CC(CN)C(=O)N1C[C@@H](O)C[C@H]1C(=O)O. The summed E-state index contributed by atoms with van der Waals surface area (Å²) in [7, 11) is 0. The summed E-state index contributed by atoms with van der Waals surface area (Å²) in [6, 6.07) is -0.922. The first kappa shape index (κ1) is 14.9. The van der Waals surface area contributed by atoms with Gasteiger partial charge in [0.25, 0.3) is 0 Å². The van der Waals surface area contributed by atoms with E-state index in [0.29, 0.717) is 12.3 Å². The summed E-state index contributed by atoms with van der Waals surface area (Å²) in [6.45, 7) is 4.27. The zero-order valence-electron chi connectivity index (χ0n) is 10.9. The van der Waals surface area contributed by atoms with E-state index < -0.39 is 18.1 Å². The number of rotatable bonds is 5. The zero-order chi connectivity index (χ0) is 13.9. The first-order valence-corrected chi connectivity index (χ1v) is 6.28. The highest BCUT2D eigenvalue weighted by Gasteiger charge is 2.40. The van der Waals surface area contributed by atoms with Crippen LogP contribution in [0.3, 0.4) is 0 Å². The molecule has 0 aromatic rings. The number of carboxylic acid groups (broad SMARTS) is 1. The molecule has 3 atom stereocenters. The molecule has 0 aromatic carbocycles. The van der Waals surface area contributed by atoms with Crippen LogP contribution < -0.4 is 5.73 Å². The van der Waals surface area contributed by atoms with E-state index in [9.17, 15) is 14.7 Å². The molecular weight excluding hydrogens is 236 g/mol. The molecule has 0 saturated carbocycles. The van der Waals surface area contributed by atoms with Crippen LogP contribution in [0.15, 0.2) is 0 Å². The molecule has 0 radical (unpaired) electrons. The Bertz CT molecular complexity index is 319. The number of β-amino-alcohol motifs (C(OH)–C–C–N with tert-alkyl or cyclic N) is 1. The third kappa shape index (κ3) is 3.43. The summed E-state index contributed by atoms with van der Waals surface area (Å²) < 4.78 is 0. The predicted molar refractivity (Wildman–Crippen MR) is 65.8 cm³/mol. The number of aliphatic hydroxyl groups excluding tert-OH is 1. The van der Waals surface area contributed by atoms with Gasteiger partial charge in [0, 0.05) is 19.5 Å². The van der Waals surface area contributed by atoms with Crippen molar-refractivity contribution in [3.8, 4) is 0 Å². The standard InChI is InChI=1S/C12H22N2O4/c1-7(2)3-8(5-13)11(16)14-6-9(15)4-10(14)12(17)18/h7-10,15H,3-6,13H2,1-2H3,(H,17,18)/t8?,9-,10-/m0/s1. The molecule has 1 saturated heterocycles. The molecular formula is C12H22N2O4. The van der Waals surface area contributed by atoms with Crippen LogP contribution in [0.2, 0.25) is 0 Å². The highest BCUT2D eigenvalue weighted by atomic mass is 16.4. The average Bonchev–Trinajstić information content (AvgIpc) is 2.67. The lowest BCUT2D eigenvalue weighted by atomic mass is 9.95. The van der Waals surface area contributed by atoms with Gasteiger partial charge in [-0.1, -0.05) is 13.8 Å². The van der Waals surface area contributed by atoms with Crippen LogP contribution >= 0.6 is 0 Å². The van der Waals surface area contributed by atoms with Crippen molar-refractivity contribution in [1.29, 1.82) is 0 Å². The van der Waals surface area contributed by atoms with Crippen molar-refractivity contribution >= 4 is 11.9 Å². The van der Waals surface area contributed by atoms with E-state index in [2.05, 4.69) is 0 Å². The van der Waals surface area contributed by atoms with E-state index in [1.54, 1.807) is 0 Å². The fourth-order valence-electron chi connectivity index (χ4n) is 2.39. The molecule has 0 aliphatic carbocycles. The third-order valence-corrected chi connectivity index (χ3v) is 3.24. The second kappa shape index (κ2) is 6.15. The van der Waals surface area contributed by atoms with Crippen molar-refractivity contribution in [3.05, 3.63) is 0 Å². The maximum absolute atomic E-state index is 12.2. The van der Waals surface area contributed by atoms with Gasteiger partial charge in [-0.2, -0.15) is 0 Å². The minimum atomic E-state index is -1.07. The summed E-state index contributed by atoms with van der Waals surface area (Å²) in [4.78, 5) is 24.6. The van der Waals surface area contributed by atoms with Gasteiger partial charge in [0.15, 0.2) is 0 Å². The number of carbonyl (C=O) groups is 2. The van der Waals surface area contributed by atoms with Crippen LogP contribution in [0.5, 0.6) is 0 Å². The van der Waals surface area contributed by atoms with Crippen molar-refractivity contribution in [1.82, 2.24) is 4.90 Å². The lowest BCUT2D eigenvalue weighted by Crippen LogP contribution is -2.45. The fourth-order valence-corrected chi connectivity index (χ4v) is 2.39. The van der Waals surface area contributed by atoms with E-state index in [1.807, 2.05) is 13.8 Å². The van der Waals surface area contributed by atoms with Crippen LogP contribution in [0.25, 0.3) is 0 Å². The van der Waals surface area contributed by atoms with Crippen LogP contribution in [0.1, 0.15) is 26.7 Å². The summed E-state index contributed by atoms with van der Waals surface area (Å²) in [5.41, 5.74) is 5.59. The Hall–Kier alpha value is -1.14. The number of aliphatic hydroxyl groups is 1. The van der Waals surface area contributed by atoms with Gasteiger partial charge >= 0.3 is 5.97 Å². The van der Waals surface area contributed by atoms with Gasteiger partial charge in [0.1, 0.15) is 6.04 Å². The Morgan fingerprint density at radius 1 is 1.44 bits per heavy atom. The monoisotopic (exact) mass is 258 g/mol. The van der Waals surface area contributed by atoms with Crippen LogP contribution in [0.4, 0.5) is 0 Å². The molecule has 1 aliphatic heterocycles. The molecule has 1 unspecified atom stereocenters. The molecule has 1 amide bonds. The minimum absolute atomic E-state index is 0.0877. The molecule has 1 heterocycles. The highest BCUT2D eigenvalue weighted by Crippen LogP contribution is 2.23. The van der Waals surface area contributed by atoms with E-state index in [0.717, 1.165) is 0 Å². The first-order valence-electron chi connectivity index (χ1n) is 6.28. The van der Waals surface area contributed by atoms with E-state index >= 15 is 0 Å². The number of nitrogens with two attached hydrogens (primary N) is 1. The third-order valence-electron chi connectivity index (χ3n) is 3.24. The Labute approximate surface area is 107 Å².